The first-order valence-electron chi connectivity index (χ1n) is 7.04. The second-order valence-corrected chi connectivity index (χ2v) is 6.43. The molecule has 19 heavy (non-hydrogen) atoms. The van der Waals surface area contributed by atoms with Crippen molar-refractivity contribution in [2.24, 2.45) is 11.7 Å². The number of fused-ring (bicyclic) bond motifs is 1. The summed E-state index contributed by atoms with van der Waals surface area (Å²) < 4.78 is 0. The molecule has 1 aromatic rings. The summed E-state index contributed by atoms with van der Waals surface area (Å²) in [5, 5.41) is 0. The van der Waals surface area contributed by atoms with Gasteiger partial charge in [0.25, 0.3) is 0 Å². The van der Waals surface area contributed by atoms with Gasteiger partial charge in [-0.3, -0.25) is 4.79 Å². The second kappa shape index (κ2) is 5.33. The molecule has 3 nitrogen and oxygen atoms in total. The summed E-state index contributed by atoms with van der Waals surface area (Å²) in [6.07, 6.45) is 2.30. The highest BCUT2D eigenvalue weighted by molar-refractivity contribution is 5.94. The van der Waals surface area contributed by atoms with Crippen LogP contribution in [0.2, 0.25) is 0 Å². The number of para-hydroxylation sites is 1. The zero-order valence-corrected chi connectivity index (χ0v) is 12.1. The maximum atomic E-state index is 12.4. The van der Waals surface area contributed by atoms with E-state index in [4.69, 9.17) is 5.73 Å². The molecule has 1 heterocycles. The van der Waals surface area contributed by atoms with E-state index in [1.54, 1.807) is 0 Å². The lowest BCUT2D eigenvalue weighted by Crippen LogP contribution is -2.41. The van der Waals surface area contributed by atoms with Crippen LogP contribution in [-0.2, 0) is 11.2 Å². The summed E-state index contributed by atoms with van der Waals surface area (Å²) in [5.41, 5.74) is 8.05. The Kier molecular flexibility index (Phi) is 3.95. The SMILES string of the molecule is CC1Cc2ccccc2N(C(=O)CCC(C)(C)N)C1. The molecule has 104 valence electrons. The standard InChI is InChI=1S/C16H24N2O/c1-12-10-13-6-4-5-7-14(13)18(11-12)15(19)8-9-16(2,3)17/h4-7,12H,8-11,17H2,1-3H3. The number of nitrogens with zero attached hydrogens (tertiary/aromatic N) is 1. The molecule has 2 N–H and O–H groups in total. The van der Waals surface area contributed by atoms with Gasteiger partial charge in [-0.05, 0) is 44.2 Å². The first-order chi connectivity index (χ1) is 8.87. The molecule has 0 fully saturated rings. The molecule has 0 spiro atoms. The highest BCUT2D eigenvalue weighted by atomic mass is 16.2. The number of rotatable bonds is 3. The van der Waals surface area contributed by atoms with Crippen LogP contribution in [0.1, 0.15) is 39.2 Å². The van der Waals surface area contributed by atoms with Crippen molar-refractivity contribution in [2.75, 3.05) is 11.4 Å². The van der Waals surface area contributed by atoms with Crippen molar-refractivity contribution in [2.45, 2.75) is 45.6 Å². The molecular weight excluding hydrogens is 236 g/mol. The highest BCUT2D eigenvalue weighted by Gasteiger charge is 2.26. The molecule has 1 unspecified atom stereocenters. The fraction of sp³-hybridized carbons (Fsp3) is 0.562. The number of carbonyl (C=O) groups is 1. The molecule has 1 aliphatic heterocycles. The first kappa shape index (κ1) is 14.1. The zero-order valence-electron chi connectivity index (χ0n) is 12.1. The minimum Gasteiger partial charge on any atom is -0.326 e. The lowest BCUT2D eigenvalue weighted by atomic mass is 9.93. The van der Waals surface area contributed by atoms with Crippen LogP contribution >= 0.6 is 0 Å². The third-order valence-electron chi connectivity index (χ3n) is 3.63. The summed E-state index contributed by atoms with van der Waals surface area (Å²) in [5.74, 6) is 0.710. The summed E-state index contributed by atoms with van der Waals surface area (Å²) in [6.45, 7) is 6.95. The Bertz CT molecular complexity index is 462. The molecule has 1 atom stereocenters. The van der Waals surface area contributed by atoms with Gasteiger partial charge in [0.2, 0.25) is 5.91 Å². The van der Waals surface area contributed by atoms with Gasteiger partial charge < -0.3 is 10.6 Å². The topological polar surface area (TPSA) is 46.3 Å². The van der Waals surface area contributed by atoms with Crippen LogP contribution in [0.25, 0.3) is 0 Å². The third kappa shape index (κ3) is 3.57. The van der Waals surface area contributed by atoms with E-state index in [9.17, 15) is 4.79 Å². The zero-order chi connectivity index (χ0) is 14.0. The van der Waals surface area contributed by atoms with E-state index in [1.165, 1.54) is 5.56 Å². The lowest BCUT2D eigenvalue weighted by molar-refractivity contribution is -0.119. The molecule has 0 aromatic heterocycles. The van der Waals surface area contributed by atoms with Gasteiger partial charge in [-0.15, -0.1) is 0 Å². The minimum absolute atomic E-state index is 0.192. The smallest absolute Gasteiger partial charge is 0.227 e. The number of carbonyl (C=O) groups excluding carboxylic acids is 1. The van der Waals surface area contributed by atoms with Crippen molar-refractivity contribution in [3.63, 3.8) is 0 Å². The Balaban J connectivity index is 2.14. The van der Waals surface area contributed by atoms with E-state index in [2.05, 4.69) is 13.0 Å². The van der Waals surface area contributed by atoms with E-state index in [0.29, 0.717) is 12.3 Å². The number of hydrogen-bond donors (Lipinski definition) is 1. The molecule has 0 aliphatic carbocycles. The van der Waals surface area contributed by atoms with E-state index >= 15 is 0 Å². The molecule has 0 bridgehead atoms. The predicted octanol–water partition coefficient (Wildman–Crippen LogP) is 2.73. The second-order valence-electron chi connectivity index (χ2n) is 6.43. The van der Waals surface area contributed by atoms with Crippen molar-refractivity contribution in [3.8, 4) is 0 Å². The van der Waals surface area contributed by atoms with Crippen molar-refractivity contribution >= 4 is 11.6 Å². The molecular formula is C16H24N2O. The molecule has 0 saturated carbocycles. The highest BCUT2D eigenvalue weighted by Crippen LogP contribution is 2.30. The van der Waals surface area contributed by atoms with Crippen molar-refractivity contribution < 1.29 is 4.79 Å². The Labute approximate surface area is 115 Å². The van der Waals surface area contributed by atoms with Gasteiger partial charge in [0.1, 0.15) is 0 Å². The molecule has 3 heteroatoms. The van der Waals surface area contributed by atoms with Crippen LogP contribution in [0.15, 0.2) is 24.3 Å². The number of benzene rings is 1. The van der Waals surface area contributed by atoms with Crippen molar-refractivity contribution in [1.82, 2.24) is 0 Å². The summed E-state index contributed by atoms with van der Waals surface area (Å²) in [7, 11) is 0. The van der Waals surface area contributed by atoms with Gasteiger partial charge in [0, 0.05) is 24.2 Å². The van der Waals surface area contributed by atoms with E-state index in [1.807, 2.05) is 36.9 Å². The molecule has 0 saturated heterocycles. The van der Waals surface area contributed by atoms with Crippen molar-refractivity contribution in [3.05, 3.63) is 29.8 Å². The maximum Gasteiger partial charge on any atom is 0.227 e. The molecule has 2 rings (SSSR count). The number of amides is 1. The number of anilines is 1. The average molecular weight is 260 g/mol. The molecule has 1 aromatic carbocycles. The Hall–Kier alpha value is -1.35. The van der Waals surface area contributed by atoms with Gasteiger partial charge in [-0.1, -0.05) is 25.1 Å². The van der Waals surface area contributed by atoms with Gasteiger partial charge in [0.05, 0.1) is 0 Å². The van der Waals surface area contributed by atoms with Crippen LogP contribution in [0.5, 0.6) is 0 Å². The Morgan fingerprint density at radius 1 is 1.42 bits per heavy atom. The van der Waals surface area contributed by atoms with Gasteiger partial charge in [-0.2, -0.15) is 0 Å². The molecule has 0 radical (unpaired) electrons. The summed E-state index contributed by atoms with van der Waals surface area (Å²) >= 11 is 0. The molecule has 1 aliphatic rings. The molecule has 1 amide bonds. The minimum atomic E-state index is -0.281. The van der Waals surface area contributed by atoms with E-state index in [-0.39, 0.29) is 11.4 Å². The predicted molar refractivity (Wildman–Crippen MR) is 79.2 cm³/mol. The quantitative estimate of drug-likeness (QED) is 0.908. The normalized spacial score (nSPS) is 19.2. The Morgan fingerprint density at radius 3 is 2.79 bits per heavy atom. The van der Waals surface area contributed by atoms with E-state index < -0.39 is 0 Å². The largest absolute Gasteiger partial charge is 0.326 e. The van der Waals surface area contributed by atoms with Crippen LogP contribution in [0, 0.1) is 5.92 Å². The van der Waals surface area contributed by atoms with Crippen LogP contribution < -0.4 is 10.6 Å². The fourth-order valence-electron chi connectivity index (χ4n) is 2.60. The van der Waals surface area contributed by atoms with Crippen LogP contribution in [-0.4, -0.2) is 18.0 Å². The van der Waals surface area contributed by atoms with Gasteiger partial charge in [0.15, 0.2) is 0 Å². The van der Waals surface area contributed by atoms with Crippen LogP contribution in [0.3, 0.4) is 0 Å². The fourth-order valence-corrected chi connectivity index (χ4v) is 2.60. The van der Waals surface area contributed by atoms with Gasteiger partial charge in [-0.25, -0.2) is 0 Å². The Morgan fingerprint density at radius 2 is 2.11 bits per heavy atom. The number of hydrogen-bond acceptors (Lipinski definition) is 2. The summed E-state index contributed by atoms with van der Waals surface area (Å²) in [4.78, 5) is 14.4. The van der Waals surface area contributed by atoms with Crippen LogP contribution in [0.4, 0.5) is 5.69 Å². The monoisotopic (exact) mass is 260 g/mol. The summed E-state index contributed by atoms with van der Waals surface area (Å²) in [6, 6.07) is 8.22. The average Bonchev–Trinajstić information content (AvgIpc) is 2.34. The lowest BCUT2D eigenvalue weighted by Gasteiger charge is -2.33. The third-order valence-corrected chi connectivity index (χ3v) is 3.63. The van der Waals surface area contributed by atoms with E-state index in [0.717, 1.165) is 25.1 Å². The first-order valence-corrected chi connectivity index (χ1v) is 7.04. The maximum absolute atomic E-state index is 12.4. The van der Waals surface area contributed by atoms with Crippen molar-refractivity contribution in [1.29, 1.82) is 0 Å². The number of nitrogens with two attached hydrogens (primary N) is 1. The van der Waals surface area contributed by atoms with Gasteiger partial charge >= 0.3 is 0 Å².